The number of pyridine rings is 1. The van der Waals surface area contributed by atoms with Gasteiger partial charge in [0.25, 0.3) is 0 Å². The molecule has 1 saturated carbocycles. The summed E-state index contributed by atoms with van der Waals surface area (Å²) in [5.74, 6) is 0.888. The van der Waals surface area contributed by atoms with Crippen LogP contribution in [0.5, 0.6) is 5.75 Å². The van der Waals surface area contributed by atoms with Crippen LogP contribution in [0.2, 0.25) is 0 Å². The van der Waals surface area contributed by atoms with E-state index in [0.29, 0.717) is 0 Å². The summed E-state index contributed by atoms with van der Waals surface area (Å²) < 4.78 is 5.57. The van der Waals surface area contributed by atoms with Crippen LogP contribution in [0.25, 0.3) is 0 Å². The van der Waals surface area contributed by atoms with Gasteiger partial charge in [0.05, 0.1) is 13.2 Å². The summed E-state index contributed by atoms with van der Waals surface area (Å²) >= 11 is 0. The standard InChI is InChI=1S/C17H29N3O/c1-5-12-19-16(15-14(21-4)9-8-13-18-15)17(20(2)3)10-6-7-11-17/h8-9,13,16,19H,5-7,10-12H2,1-4H3. The Kier molecular flexibility index (Phi) is 5.59. The molecule has 0 aromatic carbocycles. The average Bonchev–Trinajstić information content (AvgIpc) is 2.99. The van der Waals surface area contributed by atoms with Gasteiger partial charge in [-0.3, -0.25) is 4.98 Å². The van der Waals surface area contributed by atoms with Crippen LogP contribution in [0.1, 0.15) is 50.8 Å². The molecule has 0 saturated heterocycles. The number of nitrogens with zero attached hydrogens (tertiary/aromatic N) is 2. The quantitative estimate of drug-likeness (QED) is 0.838. The highest BCUT2D eigenvalue weighted by molar-refractivity contribution is 5.32. The predicted molar refractivity (Wildman–Crippen MR) is 86.7 cm³/mol. The Balaban J connectivity index is 2.41. The summed E-state index contributed by atoms with van der Waals surface area (Å²) in [6, 6.07) is 4.17. The van der Waals surface area contributed by atoms with Crippen LogP contribution in [0.3, 0.4) is 0 Å². The molecule has 1 unspecified atom stereocenters. The summed E-state index contributed by atoms with van der Waals surface area (Å²) in [5.41, 5.74) is 1.18. The lowest BCUT2D eigenvalue weighted by Gasteiger charge is -2.43. The molecule has 4 nitrogen and oxygen atoms in total. The van der Waals surface area contributed by atoms with Crippen LogP contribution < -0.4 is 10.1 Å². The zero-order valence-electron chi connectivity index (χ0n) is 13.9. The van der Waals surface area contributed by atoms with Crippen molar-refractivity contribution in [2.24, 2.45) is 0 Å². The number of aromatic nitrogens is 1. The lowest BCUT2D eigenvalue weighted by molar-refractivity contribution is 0.101. The first-order valence-electron chi connectivity index (χ1n) is 8.05. The summed E-state index contributed by atoms with van der Waals surface area (Å²) in [6.07, 6.45) is 7.99. The summed E-state index contributed by atoms with van der Waals surface area (Å²) in [6.45, 7) is 3.21. The number of likely N-dealkylation sites (N-methyl/N-ethyl adjacent to an activating group) is 1. The zero-order valence-corrected chi connectivity index (χ0v) is 13.9. The smallest absolute Gasteiger partial charge is 0.142 e. The number of hydrogen-bond donors (Lipinski definition) is 1. The molecule has 0 spiro atoms. The lowest BCUT2D eigenvalue weighted by atomic mass is 9.84. The first-order valence-corrected chi connectivity index (χ1v) is 8.05. The Labute approximate surface area is 128 Å². The van der Waals surface area contributed by atoms with Gasteiger partial charge in [-0.15, -0.1) is 0 Å². The van der Waals surface area contributed by atoms with Crippen LogP contribution in [0.4, 0.5) is 0 Å². The molecule has 21 heavy (non-hydrogen) atoms. The molecule has 1 aromatic rings. The molecule has 0 bridgehead atoms. The molecule has 1 aliphatic rings. The maximum Gasteiger partial charge on any atom is 0.142 e. The van der Waals surface area contributed by atoms with E-state index in [1.54, 1.807) is 7.11 Å². The molecule has 1 N–H and O–H groups in total. The molecule has 1 aromatic heterocycles. The highest BCUT2D eigenvalue weighted by atomic mass is 16.5. The maximum atomic E-state index is 5.57. The van der Waals surface area contributed by atoms with E-state index in [1.165, 1.54) is 25.7 Å². The number of ether oxygens (including phenoxy) is 1. The van der Waals surface area contributed by atoms with E-state index in [4.69, 9.17) is 4.74 Å². The zero-order chi connectivity index (χ0) is 15.3. The molecule has 1 heterocycles. The Morgan fingerprint density at radius 1 is 1.38 bits per heavy atom. The van der Waals surface area contributed by atoms with E-state index < -0.39 is 0 Å². The van der Waals surface area contributed by atoms with Crippen molar-refractivity contribution in [2.75, 3.05) is 27.7 Å². The Hall–Kier alpha value is -1.13. The van der Waals surface area contributed by atoms with Crippen molar-refractivity contribution in [3.8, 4) is 5.75 Å². The molecule has 0 aliphatic heterocycles. The van der Waals surface area contributed by atoms with Gasteiger partial charge < -0.3 is 15.0 Å². The third kappa shape index (κ3) is 3.22. The normalized spacial score (nSPS) is 18.9. The Bertz CT molecular complexity index is 441. The average molecular weight is 291 g/mol. The molecule has 4 heteroatoms. The fourth-order valence-electron chi connectivity index (χ4n) is 3.60. The molecule has 2 rings (SSSR count). The highest BCUT2D eigenvalue weighted by Gasteiger charge is 2.45. The summed E-state index contributed by atoms with van der Waals surface area (Å²) in [5, 5.41) is 3.74. The highest BCUT2D eigenvalue weighted by Crippen LogP contribution is 2.44. The molecular formula is C17H29N3O. The van der Waals surface area contributed by atoms with Crippen LogP contribution in [0, 0.1) is 0 Å². The topological polar surface area (TPSA) is 37.4 Å². The molecule has 1 atom stereocenters. The number of hydrogen-bond acceptors (Lipinski definition) is 4. The van der Waals surface area contributed by atoms with Crippen molar-refractivity contribution in [3.63, 3.8) is 0 Å². The van der Waals surface area contributed by atoms with Gasteiger partial charge in [0.2, 0.25) is 0 Å². The van der Waals surface area contributed by atoms with E-state index in [-0.39, 0.29) is 11.6 Å². The molecule has 118 valence electrons. The molecule has 1 fully saturated rings. The third-order valence-corrected chi connectivity index (χ3v) is 4.79. The second-order valence-corrected chi connectivity index (χ2v) is 6.18. The minimum atomic E-state index is 0.136. The monoisotopic (exact) mass is 291 g/mol. The number of rotatable bonds is 7. The van der Waals surface area contributed by atoms with Crippen LogP contribution in [-0.4, -0.2) is 43.2 Å². The molecule has 0 amide bonds. The summed E-state index contributed by atoms with van der Waals surface area (Å²) in [7, 11) is 6.12. The van der Waals surface area contributed by atoms with Crippen LogP contribution in [0.15, 0.2) is 18.3 Å². The van der Waals surface area contributed by atoms with E-state index in [2.05, 4.69) is 36.2 Å². The maximum absolute atomic E-state index is 5.57. The lowest BCUT2D eigenvalue weighted by Crippen LogP contribution is -2.52. The van der Waals surface area contributed by atoms with E-state index in [1.807, 2.05) is 18.3 Å². The SMILES string of the molecule is CCCNC(c1ncccc1OC)C1(N(C)C)CCCC1. The molecule has 0 radical (unpaired) electrons. The fourth-order valence-corrected chi connectivity index (χ4v) is 3.60. The fraction of sp³-hybridized carbons (Fsp3) is 0.706. The number of nitrogens with one attached hydrogen (secondary N) is 1. The van der Waals surface area contributed by atoms with Crippen LogP contribution >= 0.6 is 0 Å². The van der Waals surface area contributed by atoms with Gasteiger partial charge in [-0.25, -0.2) is 0 Å². The van der Waals surface area contributed by atoms with Crippen molar-refractivity contribution in [2.45, 2.75) is 50.6 Å². The van der Waals surface area contributed by atoms with Crippen molar-refractivity contribution in [3.05, 3.63) is 24.0 Å². The van der Waals surface area contributed by atoms with Crippen LogP contribution in [-0.2, 0) is 0 Å². The first-order chi connectivity index (χ1) is 10.2. The second-order valence-electron chi connectivity index (χ2n) is 6.18. The molecule has 1 aliphatic carbocycles. The van der Waals surface area contributed by atoms with Crippen molar-refractivity contribution < 1.29 is 4.74 Å². The minimum absolute atomic E-state index is 0.136. The first kappa shape index (κ1) is 16.2. The van der Waals surface area contributed by atoms with Gasteiger partial charge in [-0.1, -0.05) is 19.8 Å². The third-order valence-electron chi connectivity index (χ3n) is 4.79. The van der Waals surface area contributed by atoms with Gasteiger partial charge in [0.15, 0.2) is 0 Å². The second kappa shape index (κ2) is 7.23. The van der Waals surface area contributed by atoms with Gasteiger partial charge in [0.1, 0.15) is 11.4 Å². The summed E-state index contributed by atoms with van der Waals surface area (Å²) in [4.78, 5) is 7.05. The van der Waals surface area contributed by atoms with E-state index in [9.17, 15) is 0 Å². The van der Waals surface area contributed by atoms with E-state index in [0.717, 1.165) is 24.4 Å². The van der Waals surface area contributed by atoms with Gasteiger partial charge in [-0.05, 0) is 52.0 Å². The van der Waals surface area contributed by atoms with Crippen molar-refractivity contribution in [1.82, 2.24) is 15.2 Å². The van der Waals surface area contributed by atoms with Crippen molar-refractivity contribution >= 4 is 0 Å². The number of methoxy groups -OCH3 is 1. The Morgan fingerprint density at radius 2 is 2.10 bits per heavy atom. The van der Waals surface area contributed by atoms with Gasteiger partial charge in [-0.2, -0.15) is 0 Å². The van der Waals surface area contributed by atoms with Gasteiger partial charge >= 0.3 is 0 Å². The molecular weight excluding hydrogens is 262 g/mol. The van der Waals surface area contributed by atoms with Gasteiger partial charge in [0, 0.05) is 11.7 Å². The largest absolute Gasteiger partial charge is 0.495 e. The van der Waals surface area contributed by atoms with Crippen molar-refractivity contribution in [1.29, 1.82) is 0 Å². The Morgan fingerprint density at radius 3 is 2.67 bits per heavy atom. The van der Waals surface area contributed by atoms with E-state index >= 15 is 0 Å². The predicted octanol–water partition coefficient (Wildman–Crippen LogP) is 3.01. The minimum Gasteiger partial charge on any atom is -0.495 e.